The van der Waals surface area contributed by atoms with Crippen molar-refractivity contribution in [3.8, 4) is 0 Å². The van der Waals surface area contributed by atoms with Crippen molar-refractivity contribution < 1.29 is 23.8 Å². The molecule has 0 aromatic carbocycles. The molecule has 2 atom stereocenters. The van der Waals surface area contributed by atoms with Crippen molar-refractivity contribution in [3.63, 3.8) is 0 Å². The maximum atomic E-state index is 12.1. The number of hydrogen-bond acceptors (Lipinski definition) is 5. The quantitative estimate of drug-likeness (QED) is 0.429. The van der Waals surface area contributed by atoms with Gasteiger partial charge in [0.05, 0.1) is 31.8 Å². The van der Waals surface area contributed by atoms with E-state index >= 15 is 0 Å². The van der Waals surface area contributed by atoms with Crippen LogP contribution in [0.2, 0.25) is 0 Å². The molecule has 124 valence electrons. The van der Waals surface area contributed by atoms with Crippen LogP contribution in [0.3, 0.4) is 0 Å². The Hall–Kier alpha value is -1.62. The van der Waals surface area contributed by atoms with E-state index < -0.39 is 11.6 Å². The Labute approximate surface area is 132 Å². The molecule has 1 aliphatic rings. The van der Waals surface area contributed by atoms with Crippen LogP contribution in [0.15, 0.2) is 24.3 Å². The van der Waals surface area contributed by atoms with Gasteiger partial charge in [-0.15, -0.1) is 0 Å². The van der Waals surface area contributed by atoms with Gasteiger partial charge in [0.1, 0.15) is 5.60 Å². The molecular formula is C17H26O5. The van der Waals surface area contributed by atoms with Gasteiger partial charge in [-0.25, -0.2) is 4.79 Å². The molecule has 0 aromatic rings. The fourth-order valence-electron chi connectivity index (χ4n) is 2.31. The molecule has 0 spiro atoms. The molecule has 1 saturated heterocycles. The Morgan fingerprint density at radius 3 is 2.41 bits per heavy atom. The maximum Gasteiger partial charge on any atom is 0.338 e. The Morgan fingerprint density at radius 2 is 1.86 bits per heavy atom. The molecule has 0 aliphatic carbocycles. The number of carbonyl (C=O) groups excluding carboxylic acids is 2. The number of esters is 2. The van der Waals surface area contributed by atoms with Crippen LogP contribution in [0.25, 0.3) is 0 Å². The van der Waals surface area contributed by atoms with Crippen molar-refractivity contribution in [2.45, 2.75) is 39.7 Å². The van der Waals surface area contributed by atoms with E-state index in [2.05, 4.69) is 13.2 Å². The van der Waals surface area contributed by atoms with E-state index in [9.17, 15) is 9.59 Å². The first kappa shape index (κ1) is 18.4. The number of carbonyl (C=O) groups is 2. The number of ether oxygens (including phenoxy) is 3. The SMILES string of the molecule is C=C(C(=C)[C@@H]1COC[C@@H]1CC(=O)OCC)C(=O)OC(C)(C)C. The van der Waals surface area contributed by atoms with Crippen molar-refractivity contribution in [1.29, 1.82) is 0 Å². The highest BCUT2D eigenvalue weighted by molar-refractivity contribution is 5.93. The van der Waals surface area contributed by atoms with Crippen LogP contribution in [-0.2, 0) is 23.8 Å². The van der Waals surface area contributed by atoms with Crippen molar-refractivity contribution in [2.75, 3.05) is 19.8 Å². The van der Waals surface area contributed by atoms with Crippen molar-refractivity contribution >= 4 is 11.9 Å². The molecule has 5 heteroatoms. The van der Waals surface area contributed by atoms with Gasteiger partial charge in [-0.2, -0.15) is 0 Å². The van der Waals surface area contributed by atoms with E-state index in [1.807, 2.05) is 0 Å². The summed E-state index contributed by atoms with van der Waals surface area (Å²) in [5.74, 6) is -0.923. The highest BCUT2D eigenvalue weighted by atomic mass is 16.6. The number of rotatable bonds is 6. The van der Waals surface area contributed by atoms with Crippen LogP contribution < -0.4 is 0 Å². The highest BCUT2D eigenvalue weighted by Gasteiger charge is 2.35. The molecule has 0 bridgehead atoms. The predicted octanol–water partition coefficient (Wildman–Crippen LogP) is 2.66. The maximum absolute atomic E-state index is 12.1. The van der Waals surface area contributed by atoms with Gasteiger partial charge in [-0.3, -0.25) is 4.79 Å². The van der Waals surface area contributed by atoms with E-state index in [0.717, 1.165) is 0 Å². The summed E-state index contributed by atoms with van der Waals surface area (Å²) in [5.41, 5.74) is 0.219. The fraction of sp³-hybridized carbons (Fsp3) is 0.647. The van der Waals surface area contributed by atoms with Gasteiger partial charge in [0.2, 0.25) is 0 Å². The minimum atomic E-state index is -0.586. The summed E-state index contributed by atoms with van der Waals surface area (Å²) in [6, 6.07) is 0. The molecule has 22 heavy (non-hydrogen) atoms. The first-order chi connectivity index (χ1) is 10.2. The van der Waals surface area contributed by atoms with Crippen molar-refractivity contribution in [3.05, 3.63) is 24.3 Å². The standard InChI is InChI=1S/C17H26O5/c1-7-21-15(18)8-13-9-20-10-14(13)11(2)12(3)16(19)22-17(4,5)6/h13-14H,2-3,7-10H2,1,4-6H3/t13-,14-/m0/s1. The third kappa shape index (κ3) is 5.30. The summed E-state index contributed by atoms with van der Waals surface area (Å²) in [6.45, 7) is 16.1. The molecule has 0 radical (unpaired) electrons. The minimum Gasteiger partial charge on any atom is -0.466 e. The average Bonchev–Trinajstić information content (AvgIpc) is 2.83. The van der Waals surface area contributed by atoms with Gasteiger partial charge in [0.25, 0.3) is 0 Å². The number of hydrogen-bond donors (Lipinski definition) is 0. The molecule has 0 amide bonds. The van der Waals surface area contributed by atoms with Crippen LogP contribution >= 0.6 is 0 Å². The summed E-state index contributed by atoms with van der Waals surface area (Å²) in [7, 11) is 0. The Bertz CT molecular complexity index is 458. The lowest BCUT2D eigenvalue weighted by Crippen LogP contribution is -2.27. The van der Waals surface area contributed by atoms with Gasteiger partial charge in [-0.1, -0.05) is 13.2 Å². The highest BCUT2D eigenvalue weighted by Crippen LogP contribution is 2.33. The summed E-state index contributed by atoms with van der Waals surface area (Å²) in [5, 5.41) is 0. The second-order valence-electron chi connectivity index (χ2n) is 6.42. The van der Waals surface area contributed by atoms with Gasteiger partial charge in [-0.05, 0) is 33.3 Å². The van der Waals surface area contributed by atoms with Gasteiger partial charge in [0.15, 0.2) is 0 Å². The van der Waals surface area contributed by atoms with Crippen LogP contribution in [0, 0.1) is 11.8 Å². The molecule has 0 saturated carbocycles. The predicted molar refractivity (Wildman–Crippen MR) is 83.2 cm³/mol. The molecule has 0 unspecified atom stereocenters. The first-order valence-electron chi connectivity index (χ1n) is 7.50. The summed E-state index contributed by atoms with van der Waals surface area (Å²) in [6.07, 6.45) is 0.249. The smallest absolute Gasteiger partial charge is 0.338 e. The molecule has 1 rings (SSSR count). The zero-order valence-corrected chi connectivity index (χ0v) is 13.9. The zero-order valence-electron chi connectivity index (χ0n) is 13.9. The molecule has 0 N–H and O–H groups in total. The second-order valence-corrected chi connectivity index (χ2v) is 6.42. The minimum absolute atomic E-state index is 0.0502. The molecular weight excluding hydrogens is 284 g/mol. The fourth-order valence-corrected chi connectivity index (χ4v) is 2.31. The van der Waals surface area contributed by atoms with Gasteiger partial charge >= 0.3 is 11.9 Å². The Balaban J connectivity index is 2.68. The lowest BCUT2D eigenvalue weighted by molar-refractivity contribution is -0.149. The lowest BCUT2D eigenvalue weighted by atomic mass is 9.84. The zero-order chi connectivity index (χ0) is 16.9. The Morgan fingerprint density at radius 1 is 1.23 bits per heavy atom. The molecule has 5 nitrogen and oxygen atoms in total. The Kier molecular flexibility index (Phi) is 6.35. The van der Waals surface area contributed by atoms with Gasteiger partial charge in [0, 0.05) is 11.8 Å². The summed E-state index contributed by atoms with van der Waals surface area (Å²) < 4.78 is 15.7. The molecule has 1 fully saturated rings. The normalized spacial score (nSPS) is 21.3. The van der Waals surface area contributed by atoms with Crippen molar-refractivity contribution in [2.24, 2.45) is 11.8 Å². The third-order valence-electron chi connectivity index (χ3n) is 3.41. The largest absolute Gasteiger partial charge is 0.466 e. The molecule has 1 heterocycles. The van der Waals surface area contributed by atoms with E-state index in [0.29, 0.717) is 25.4 Å². The van der Waals surface area contributed by atoms with E-state index in [4.69, 9.17) is 14.2 Å². The van der Waals surface area contributed by atoms with Gasteiger partial charge < -0.3 is 14.2 Å². The third-order valence-corrected chi connectivity index (χ3v) is 3.41. The average molecular weight is 310 g/mol. The van der Waals surface area contributed by atoms with E-state index in [1.54, 1.807) is 27.7 Å². The van der Waals surface area contributed by atoms with E-state index in [-0.39, 0.29) is 29.8 Å². The van der Waals surface area contributed by atoms with Crippen LogP contribution in [0.1, 0.15) is 34.1 Å². The van der Waals surface area contributed by atoms with Crippen LogP contribution in [0.4, 0.5) is 0 Å². The monoisotopic (exact) mass is 310 g/mol. The van der Waals surface area contributed by atoms with Crippen LogP contribution in [0.5, 0.6) is 0 Å². The topological polar surface area (TPSA) is 61.8 Å². The van der Waals surface area contributed by atoms with Crippen molar-refractivity contribution in [1.82, 2.24) is 0 Å². The van der Waals surface area contributed by atoms with E-state index in [1.165, 1.54) is 0 Å². The second kappa shape index (κ2) is 7.58. The lowest BCUT2D eigenvalue weighted by Gasteiger charge is -2.24. The first-order valence-corrected chi connectivity index (χ1v) is 7.50. The van der Waals surface area contributed by atoms with Crippen LogP contribution in [-0.4, -0.2) is 37.4 Å². The molecule has 0 aromatic heterocycles. The summed E-state index contributed by atoms with van der Waals surface area (Å²) in [4.78, 5) is 23.7. The summed E-state index contributed by atoms with van der Waals surface area (Å²) >= 11 is 0. The molecule has 1 aliphatic heterocycles.